The molecular weight excluding hydrogens is 357 g/mol. The Labute approximate surface area is 162 Å². The quantitative estimate of drug-likeness (QED) is 0.609. The van der Waals surface area contributed by atoms with E-state index in [9.17, 15) is 14.0 Å². The molecule has 142 valence electrons. The SMILES string of the molecule is O=C(CNC(=O)NCc1ccc(F)cc1)Nc1ccccc1-c1ccccc1. The molecule has 0 unspecified atom stereocenters. The van der Waals surface area contributed by atoms with E-state index >= 15 is 0 Å². The molecule has 0 bridgehead atoms. The predicted octanol–water partition coefficient (Wildman–Crippen LogP) is 3.93. The van der Waals surface area contributed by atoms with Crippen LogP contribution in [0.5, 0.6) is 0 Å². The molecule has 28 heavy (non-hydrogen) atoms. The zero-order valence-corrected chi connectivity index (χ0v) is 15.1. The highest BCUT2D eigenvalue weighted by Gasteiger charge is 2.09. The van der Waals surface area contributed by atoms with Gasteiger partial charge in [-0.2, -0.15) is 0 Å². The molecule has 0 aliphatic carbocycles. The molecule has 3 aromatic carbocycles. The Morgan fingerprint density at radius 1 is 0.786 bits per heavy atom. The van der Waals surface area contributed by atoms with Crippen molar-refractivity contribution in [3.8, 4) is 11.1 Å². The summed E-state index contributed by atoms with van der Waals surface area (Å²) in [6.45, 7) is 0.0724. The van der Waals surface area contributed by atoms with E-state index in [2.05, 4.69) is 16.0 Å². The number of hydrogen-bond donors (Lipinski definition) is 3. The van der Waals surface area contributed by atoms with Gasteiger partial charge in [-0.1, -0.05) is 60.7 Å². The first kappa shape index (κ1) is 19.1. The number of rotatable bonds is 6. The lowest BCUT2D eigenvalue weighted by Crippen LogP contribution is -2.39. The molecule has 0 aliphatic heterocycles. The lowest BCUT2D eigenvalue weighted by Gasteiger charge is -2.12. The van der Waals surface area contributed by atoms with Gasteiger partial charge < -0.3 is 16.0 Å². The van der Waals surface area contributed by atoms with Gasteiger partial charge in [-0.15, -0.1) is 0 Å². The van der Waals surface area contributed by atoms with E-state index in [1.54, 1.807) is 12.1 Å². The number of urea groups is 1. The van der Waals surface area contributed by atoms with E-state index in [1.165, 1.54) is 12.1 Å². The fraction of sp³-hybridized carbons (Fsp3) is 0.0909. The van der Waals surface area contributed by atoms with E-state index in [1.807, 2.05) is 54.6 Å². The number of nitrogens with one attached hydrogen (secondary N) is 3. The van der Waals surface area contributed by atoms with E-state index in [0.717, 1.165) is 16.7 Å². The van der Waals surface area contributed by atoms with Crippen molar-refractivity contribution in [2.24, 2.45) is 0 Å². The molecule has 5 nitrogen and oxygen atoms in total. The van der Waals surface area contributed by atoms with Crippen molar-refractivity contribution >= 4 is 17.6 Å². The van der Waals surface area contributed by atoms with Crippen molar-refractivity contribution < 1.29 is 14.0 Å². The number of carbonyl (C=O) groups is 2. The van der Waals surface area contributed by atoms with E-state index in [4.69, 9.17) is 0 Å². The van der Waals surface area contributed by atoms with Crippen LogP contribution in [0.15, 0.2) is 78.9 Å². The average molecular weight is 377 g/mol. The topological polar surface area (TPSA) is 70.2 Å². The number of hydrogen-bond acceptors (Lipinski definition) is 2. The summed E-state index contributed by atoms with van der Waals surface area (Å²) in [6.07, 6.45) is 0. The summed E-state index contributed by atoms with van der Waals surface area (Å²) >= 11 is 0. The molecule has 0 heterocycles. The molecule has 0 aliphatic rings. The van der Waals surface area contributed by atoms with Crippen LogP contribution >= 0.6 is 0 Å². The standard InChI is InChI=1S/C22H20FN3O2/c23-18-12-10-16(11-13-18)14-24-22(28)25-15-21(27)26-20-9-5-4-8-19(20)17-6-2-1-3-7-17/h1-13H,14-15H2,(H,26,27)(H2,24,25,28). The highest BCUT2D eigenvalue weighted by atomic mass is 19.1. The second kappa shape index (κ2) is 9.32. The number of halogens is 1. The van der Waals surface area contributed by atoms with Gasteiger partial charge in [0.15, 0.2) is 0 Å². The molecule has 0 aromatic heterocycles. The first-order valence-corrected chi connectivity index (χ1v) is 8.82. The fourth-order valence-electron chi connectivity index (χ4n) is 2.66. The van der Waals surface area contributed by atoms with E-state index in [0.29, 0.717) is 5.69 Å². The highest BCUT2D eigenvalue weighted by Crippen LogP contribution is 2.27. The third-order valence-corrected chi connectivity index (χ3v) is 4.06. The van der Waals surface area contributed by atoms with Crippen molar-refractivity contribution in [2.45, 2.75) is 6.54 Å². The van der Waals surface area contributed by atoms with Crippen molar-refractivity contribution in [3.63, 3.8) is 0 Å². The first-order valence-electron chi connectivity index (χ1n) is 8.82. The highest BCUT2D eigenvalue weighted by molar-refractivity contribution is 5.97. The summed E-state index contributed by atoms with van der Waals surface area (Å²) in [5, 5.41) is 7.95. The lowest BCUT2D eigenvalue weighted by atomic mass is 10.0. The van der Waals surface area contributed by atoms with Gasteiger partial charge in [0.05, 0.1) is 6.54 Å². The minimum atomic E-state index is -0.476. The minimum Gasteiger partial charge on any atom is -0.334 e. The molecule has 3 aromatic rings. The van der Waals surface area contributed by atoms with Crippen LogP contribution < -0.4 is 16.0 Å². The molecule has 3 amide bonds. The zero-order chi connectivity index (χ0) is 19.8. The van der Waals surface area contributed by atoms with Gasteiger partial charge in [-0.25, -0.2) is 9.18 Å². The summed E-state index contributed by atoms with van der Waals surface area (Å²) in [4.78, 5) is 24.1. The Kier molecular flexibility index (Phi) is 6.36. The summed E-state index contributed by atoms with van der Waals surface area (Å²) in [5.41, 5.74) is 3.32. The molecule has 6 heteroatoms. The smallest absolute Gasteiger partial charge is 0.315 e. The molecule has 0 saturated heterocycles. The van der Waals surface area contributed by atoms with Crippen LogP contribution in [0.3, 0.4) is 0 Å². The second-order valence-electron chi connectivity index (χ2n) is 6.12. The minimum absolute atomic E-state index is 0.168. The van der Waals surface area contributed by atoms with Gasteiger partial charge in [0.2, 0.25) is 5.91 Å². The average Bonchev–Trinajstić information content (AvgIpc) is 2.73. The van der Waals surface area contributed by atoms with Crippen LogP contribution in [-0.2, 0) is 11.3 Å². The Morgan fingerprint density at radius 3 is 2.21 bits per heavy atom. The molecule has 3 N–H and O–H groups in total. The molecule has 3 rings (SSSR count). The molecule has 0 atom stereocenters. The first-order chi connectivity index (χ1) is 13.6. The van der Waals surface area contributed by atoms with Gasteiger partial charge in [0.1, 0.15) is 5.82 Å². The van der Waals surface area contributed by atoms with Crippen LogP contribution in [0.1, 0.15) is 5.56 Å². The van der Waals surface area contributed by atoms with Gasteiger partial charge in [0, 0.05) is 17.8 Å². The summed E-state index contributed by atoms with van der Waals surface area (Å²) in [7, 11) is 0. The van der Waals surface area contributed by atoms with Crippen molar-refractivity contribution in [2.75, 3.05) is 11.9 Å². The Morgan fingerprint density at radius 2 is 1.46 bits per heavy atom. The number of para-hydroxylation sites is 1. The molecule has 0 radical (unpaired) electrons. The van der Waals surface area contributed by atoms with Crippen molar-refractivity contribution in [3.05, 3.63) is 90.2 Å². The maximum Gasteiger partial charge on any atom is 0.315 e. The van der Waals surface area contributed by atoms with Gasteiger partial charge >= 0.3 is 6.03 Å². The third-order valence-electron chi connectivity index (χ3n) is 4.06. The number of anilines is 1. The van der Waals surface area contributed by atoms with Gasteiger partial charge in [-0.3, -0.25) is 4.79 Å². The van der Waals surface area contributed by atoms with E-state index in [-0.39, 0.29) is 24.8 Å². The molecule has 0 fully saturated rings. The van der Waals surface area contributed by atoms with Crippen LogP contribution in [0, 0.1) is 5.82 Å². The van der Waals surface area contributed by atoms with Gasteiger partial charge in [-0.05, 0) is 29.3 Å². The largest absolute Gasteiger partial charge is 0.334 e. The van der Waals surface area contributed by atoms with E-state index < -0.39 is 6.03 Å². The second-order valence-corrected chi connectivity index (χ2v) is 6.12. The fourth-order valence-corrected chi connectivity index (χ4v) is 2.66. The molecule has 0 saturated carbocycles. The number of benzene rings is 3. The van der Waals surface area contributed by atoms with Crippen molar-refractivity contribution in [1.82, 2.24) is 10.6 Å². The number of amides is 3. The van der Waals surface area contributed by atoms with Crippen LogP contribution in [0.2, 0.25) is 0 Å². The maximum absolute atomic E-state index is 12.9. The molecule has 0 spiro atoms. The Hall–Kier alpha value is -3.67. The summed E-state index contributed by atoms with van der Waals surface area (Å²) < 4.78 is 12.9. The Balaban J connectivity index is 1.51. The monoisotopic (exact) mass is 377 g/mol. The number of carbonyl (C=O) groups excluding carboxylic acids is 2. The predicted molar refractivity (Wildman–Crippen MR) is 107 cm³/mol. The summed E-state index contributed by atoms with van der Waals surface area (Å²) in [5.74, 6) is -0.666. The van der Waals surface area contributed by atoms with Crippen molar-refractivity contribution in [1.29, 1.82) is 0 Å². The summed E-state index contributed by atoms with van der Waals surface area (Å²) in [6, 6.07) is 22.5. The molecular formula is C22H20FN3O2. The Bertz CT molecular complexity index is 944. The maximum atomic E-state index is 12.9. The van der Waals surface area contributed by atoms with Crippen LogP contribution in [0.4, 0.5) is 14.9 Å². The third kappa shape index (κ3) is 5.41. The van der Waals surface area contributed by atoms with Crippen LogP contribution in [0.25, 0.3) is 11.1 Å². The van der Waals surface area contributed by atoms with Gasteiger partial charge in [0.25, 0.3) is 0 Å². The normalized spacial score (nSPS) is 10.2. The lowest BCUT2D eigenvalue weighted by molar-refractivity contribution is -0.115. The zero-order valence-electron chi connectivity index (χ0n) is 15.1. The van der Waals surface area contributed by atoms with Crippen LogP contribution in [-0.4, -0.2) is 18.5 Å².